The average molecular weight is 338 g/mol. The summed E-state index contributed by atoms with van der Waals surface area (Å²) < 4.78 is 0. The molecule has 0 bridgehead atoms. The minimum atomic E-state index is -0.158. The van der Waals surface area contributed by atoms with Gasteiger partial charge in [0, 0.05) is 17.7 Å². The van der Waals surface area contributed by atoms with Crippen LogP contribution < -0.4 is 5.32 Å². The van der Waals surface area contributed by atoms with E-state index in [0.717, 1.165) is 28.5 Å². The van der Waals surface area contributed by atoms with Crippen molar-refractivity contribution in [2.24, 2.45) is 0 Å². The molecule has 1 amide bonds. The third-order valence-corrected chi connectivity index (χ3v) is 4.30. The Morgan fingerprint density at radius 3 is 2.88 bits per heavy atom. The number of hydrogen-bond donors (Lipinski definition) is 2. The maximum atomic E-state index is 12.1. The van der Waals surface area contributed by atoms with E-state index in [4.69, 9.17) is 0 Å². The second-order valence-corrected chi connectivity index (χ2v) is 6.15. The summed E-state index contributed by atoms with van der Waals surface area (Å²) in [5, 5.41) is 5.65. The Balaban J connectivity index is 1.68. The second-order valence-electron chi connectivity index (χ2n) is 5.22. The molecule has 1 aromatic carbocycles. The predicted octanol–water partition coefficient (Wildman–Crippen LogP) is 3.81. The van der Waals surface area contributed by atoms with Gasteiger partial charge in [0.15, 0.2) is 0 Å². The van der Waals surface area contributed by atoms with Crippen LogP contribution in [0.25, 0.3) is 17.3 Å². The molecule has 5 nitrogen and oxygen atoms in total. The number of nitrogens with one attached hydrogen (secondary N) is 2. The number of carbonyl (C=O) groups is 1. The molecule has 6 heteroatoms. The molecule has 0 aliphatic carbocycles. The number of carbonyl (C=O) groups excluding carboxylic acids is 1. The van der Waals surface area contributed by atoms with Gasteiger partial charge in [-0.1, -0.05) is 37.3 Å². The van der Waals surface area contributed by atoms with Crippen molar-refractivity contribution in [3.63, 3.8) is 0 Å². The summed E-state index contributed by atoms with van der Waals surface area (Å²) in [4.78, 5) is 23.9. The van der Waals surface area contributed by atoms with Crippen LogP contribution in [-0.4, -0.2) is 20.9 Å². The Morgan fingerprint density at radius 2 is 2.17 bits per heavy atom. The number of amides is 1. The fraction of sp³-hybridized carbons (Fsp3) is 0.167. The topological polar surface area (TPSA) is 70.7 Å². The summed E-state index contributed by atoms with van der Waals surface area (Å²) in [7, 11) is 0. The van der Waals surface area contributed by atoms with E-state index in [9.17, 15) is 4.79 Å². The molecule has 0 radical (unpaired) electrons. The van der Waals surface area contributed by atoms with E-state index < -0.39 is 0 Å². The van der Waals surface area contributed by atoms with E-state index >= 15 is 0 Å². The largest absolute Gasteiger partial charge is 0.343 e. The van der Waals surface area contributed by atoms with Crippen LogP contribution in [0.4, 0.5) is 0 Å². The first-order valence-electron chi connectivity index (χ1n) is 7.74. The quantitative estimate of drug-likeness (QED) is 0.671. The van der Waals surface area contributed by atoms with Crippen molar-refractivity contribution < 1.29 is 4.79 Å². The fourth-order valence-electron chi connectivity index (χ4n) is 2.33. The smallest absolute Gasteiger partial charge is 0.244 e. The zero-order valence-corrected chi connectivity index (χ0v) is 14.1. The van der Waals surface area contributed by atoms with Crippen LogP contribution in [0.1, 0.15) is 30.2 Å². The van der Waals surface area contributed by atoms with Gasteiger partial charge >= 0.3 is 0 Å². The Labute approximate surface area is 144 Å². The SMILES string of the molecule is CCC(NC(=O)/C=C/c1nccs1)c1ncc(-c2ccccc2)[nH]1. The van der Waals surface area contributed by atoms with Crippen molar-refractivity contribution in [3.8, 4) is 11.3 Å². The summed E-state index contributed by atoms with van der Waals surface area (Å²) in [6.45, 7) is 2.01. The maximum Gasteiger partial charge on any atom is 0.244 e. The highest BCUT2D eigenvalue weighted by Gasteiger charge is 2.15. The Bertz CT molecular complexity index is 809. The minimum Gasteiger partial charge on any atom is -0.343 e. The number of thiazole rings is 1. The van der Waals surface area contributed by atoms with Crippen molar-refractivity contribution >= 4 is 23.3 Å². The standard InChI is InChI=1S/C18H18N4OS/c1-2-14(21-16(23)8-9-17-19-10-11-24-17)18-20-12-15(22-18)13-6-4-3-5-7-13/h3-12,14H,2H2,1H3,(H,20,22)(H,21,23)/b9-8+. The monoisotopic (exact) mass is 338 g/mol. The molecular formula is C18H18N4OS. The zero-order valence-electron chi connectivity index (χ0n) is 13.3. The summed E-state index contributed by atoms with van der Waals surface area (Å²) in [5.74, 6) is 0.599. The van der Waals surface area contributed by atoms with Crippen LogP contribution in [0.15, 0.2) is 54.2 Å². The molecule has 2 heterocycles. The summed E-state index contributed by atoms with van der Waals surface area (Å²) >= 11 is 1.49. The van der Waals surface area contributed by atoms with Crippen LogP contribution in [-0.2, 0) is 4.79 Å². The van der Waals surface area contributed by atoms with E-state index in [-0.39, 0.29) is 11.9 Å². The minimum absolute atomic E-state index is 0.157. The highest BCUT2D eigenvalue weighted by molar-refractivity contribution is 7.10. The van der Waals surface area contributed by atoms with Crippen LogP contribution >= 0.6 is 11.3 Å². The number of aromatic nitrogens is 3. The molecule has 1 atom stereocenters. The van der Waals surface area contributed by atoms with Crippen molar-refractivity contribution in [1.82, 2.24) is 20.3 Å². The van der Waals surface area contributed by atoms with Gasteiger partial charge in [0.1, 0.15) is 10.8 Å². The maximum absolute atomic E-state index is 12.1. The van der Waals surface area contributed by atoms with Crippen molar-refractivity contribution in [2.45, 2.75) is 19.4 Å². The molecule has 0 fully saturated rings. The van der Waals surface area contributed by atoms with Gasteiger partial charge in [0.2, 0.25) is 5.91 Å². The highest BCUT2D eigenvalue weighted by atomic mass is 32.1. The van der Waals surface area contributed by atoms with E-state index in [2.05, 4.69) is 20.3 Å². The fourth-order valence-corrected chi connectivity index (χ4v) is 2.85. The molecular weight excluding hydrogens is 320 g/mol. The summed E-state index contributed by atoms with van der Waals surface area (Å²) in [6, 6.07) is 9.83. The third-order valence-electron chi connectivity index (χ3n) is 3.56. The highest BCUT2D eigenvalue weighted by Crippen LogP contribution is 2.20. The lowest BCUT2D eigenvalue weighted by atomic mass is 10.2. The number of nitrogens with zero attached hydrogens (tertiary/aromatic N) is 2. The van der Waals surface area contributed by atoms with Gasteiger partial charge in [-0.3, -0.25) is 4.79 Å². The molecule has 3 aromatic rings. The molecule has 24 heavy (non-hydrogen) atoms. The van der Waals surface area contributed by atoms with E-state index in [1.807, 2.05) is 42.6 Å². The first-order chi connectivity index (χ1) is 11.8. The molecule has 0 saturated heterocycles. The van der Waals surface area contributed by atoms with Gasteiger partial charge < -0.3 is 10.3 Å². The number of aromatic amines is 1. The van der Waals surface area contributed by atoms with Gasteiger partial charge in [-0.05, 0) is 18.1 Å². The second kappa shape index (κ2) is 7.70. The lowest BCUT2D eigenvalue weighted by Crippen LogP contribution is -2.27. The van der Waals surface area contributed by atoms with Gasteiger partial charge in [0.05, 0.1) is 17.9 Å². The lowest BCUT2D eigenvalue weighted by Gasteiger charge is -2.13. The van der Waals surface area contributed by atoms with Gasteiger partial charge in [0.25, 0.3) is 0 Å². The molecule has 3 rings (SSSR count). The Hall–Kier alpha value is -2.73. The zero-order chi connectivity index (χ0) is 16.8. The lowest BCUT2D eigenvalue weighted by molar-refractivity contribution is -0.117. The average Bonchev–Trinajstić information content (AvgIpc) is 3.30. The van der Waals surface area contributed by atoms with E-state index in [1.54, 1.807) is 18.5 Å². The van der Waals surface area contributed by atoms with Crippen molar-refractivity contribution in [2.75, 3.05) is 0 Å². The number of imidazole rings is 1. The predicted molar refractivity (Wildman–Crippen MR) is 96.3 cm³/mol. The van der Waals surface area contributed by atoms with Crippen molar-refractivity contribution in [3.05, 3.63) is 65.0 Å². The first kappa shape index (κ1) is 16.1. The number of H-pyrrole nitrogens is 1. The van der Waals surface area contributed by atoms with Crippen LogP contribution in [0.3, 0.4) is 0 Å². The molecule has 2 aromatic heterocycles. The van der Waals surface area contributed by atoms with Crippen molar-refractivity contribution in [1.29, 1.82) is 0 Å². The van der Waals surface area contributed by atoms with Crippen LogP contribution in [0, 0.1) is 0 Å². The third kappa shape index (κ3) is 3.97. The number of benzene rings is 1. The molecule has 1 unspecified atom stereocenters. The molecule has 122 valence electrons. The normalized spacial score (nSPS) is 12.4. The molecule has 0 saturated carbocycles. The first-order valence-corrected chi connectivity index (χ1v) is 8.62. The molecule has 0 aliphatic rings. The van der Waals surface area contributed by atoms with E-state index in [1.165, 1.54) is 17.4 Å². The van der Waals surface area contributed by atoms with E-state index in [0.29, 0.717) is 0 Å². The summed E-state index contributed by atoms with van der Waals surface area (Å²) in [5.41, 5.74) is 2.01. The molecule has 0 aliphatic heterocycles. The Morgan fingerprint density at radius 1 is 1.33 bits per heavy atom. The number of rotatable bonds is 6. The Kier molecular flexibility index (Phi) is 5.18. The number of hydrogen-bond acceptors (Lipinski definition) is 4. The van der Waals surface area contributed by atoms with Crippen LogP contribution in [0.2, 0.25) is 0 Å². The van der Waals surface area contributed by atoms with Crippen LogP contribution in [0.5, 0.6) is 0 Å². The van der Waals surface area contributed by atoms with Gasteiger partial charge in [-0.15, -0.1) is 11.3 Å². The molecule has 2 N–H and O–H groups in total. The summed E-state index contributed by atoms with van der Waals surface area (Å²) in [6.07, 6.45) is 7.47. The van der Waals surface area contributed by atoms with Gasteiger partial charge in [-0.25, -0.2) is 9.97 Å². The molecule has 0 spiro atoms. The van der Waals surface area contributed by atoms with Gasteiger partial charge in [-0.2, -0.15) is 0 Å².